The predicted molar refractivity (Wildman–Crippen MR) is 55.8 cm³/mol. The molecule has 0 saturated heterocycles. The number of nitrogens with zero attached hydrogens (tertiary/aromatic N) is 1. The van der Waals surface area contributed by atoms with Crippen LogP contribution < -0.4 is 5.73 Å². The molecule has 0 amide bonds. The van der Waals surface area contributed by atoms with Gasteiger partial charge >= 0.3 is 0 Å². The lowest BCUT2D eigenvalue weighted by molar-refractivity contribution is -0.0706. The van der Waals surface area contributed by atoms with Crippen molar-refractivity contribution in [2.45, 2.75) is 6.54 Å². The first-order valence-corrected chi connectivity index (χ1v) is 4.30. The Labute approximate surface area is 83.1 Å². The van der Waals surface area contributed by atoms with Crippen LogP contribution in [0.5, 0.6) is 0 Å². The Morgan fingerprint density at radius 3 is 2.54 bits per heavy atom. The van der Waals surface area contributed by atoms with E-state index in [1.54, 1.807) is 7.11 Å². The molecule has 0 saturated carbocycles. The van der Waals surface area contributed by atoms with Crippen molar-refractivity contribution < 1.29 is 4.84 Å². The number of benzene rings is 1. The Hall–Kier alpha value is -1.13. The van der Waals surface area contributed by atoms with Crippen molar-refractivity contribution in [3.63, 3.8) is 0 Å². The lowest BCUT2D eigenvalue weighted by atomic mass is 10.2. The zero-order valence-corrected chi connectivity index (χ0v) is 8.25. The van der Waals surface area contributed by atoms with Crippen LogP contribution in [0.4, 0.5) is 0 Å². The van der Waals surface area contributed by atoms with Crippen LogP contribution in [-0.2, 0) is 11.4 Å². The van der Waals surface area contributed by atoms with Gasteiger partial charge in [-0.3, -0.25) is 4.84 Å². The maximum absolute atomic E-state index is 5.43. The summed E-state index contributed by atoms with van der Waals surface area (Å²) in [5.74, 6) is 0. The molecule has 4 heteroatoms. The molecular weight excluding hydrogens is 184 g/mol. The molecule has 70 valence electrons. The van der Waals surface area contributed by atoms with Gasteiger partial charge in [-0.25, -0.2) is 5.06 Å². The second-order valence-electron chi connectivity index (χ2n) is 2.54. The smallest absolute Gasteiger partial charge is 0.190 e. The minimum absolute atomic E-state index is 0.242. The van der Waals surface area contributed by atoms with E-state index in [1.165, 1.54) is 5.06 Å². The number of nitrogens with two attached hydrogens (primary N) is 1. The molecule has 0 aliphatic rings. The standard InChI is InChI=1S/C9H12N2OS/c1-12-11(9(10)13)7-8-5-3-2-4-6-8/h2-6H,7H2,1H3,(H2,10,13). The normalized spacial score (nSPS) is 9.62. The van der Waals surface area contributed by atoms with E-state index in [2.05, 4.69) is 0 Å². The molecule has 0 bridgehead atoms. The monoisotopic (exact) mass is 196 g/mol. The van der Waals surface area contributed by atoms with E-state index in [4.69, 9.17) is 22.8 Å². The lowest BCUT2D eigenvalue weighted by Crippen LogP contribution is -2.33. The highest BCUT2D eigenvalue weighted by Crippen LogP contribution is 2.03. The highest BCUT2D eigenvalue weighted by Gasteiger charge is 2.04. The van der Waals surface area contributed by atoms with Gasteiger partial charge in [0.1, 0.15) is 0 Å². The second kappa shape index (κ2) is 4.79. The SMILES string of the molecule is CON(Cc1ccccc1)C(N)=S. The summed E-state index contributed by atoms with van der Waals surface area (Å²) in [5.41, 5.74) is 6.54. The van der Waals surface area contributed by atoms with E-state index in [0.29, 0.717) is 6.54 Å². The molecule has 1 aromatic rings. The van der Waals surface area contributed by atoms with E-state index in [9.17, 15) is 0 Å². The summed E-state index contributed by atoms with van der Waals surface area (Å²) in [6.07, 6.45) is 0. The fraction of sp³-hybridized carbons (Fsp3) is 0.222. The summed E-state index contributed by atoms with van der Waals surface area (Å²) in [4.78, 5) is 4.98. The molecule has 0 fully saturated rings. The Morgan fingerprint density at radius 1 is 1.46 bits per heavy atom. The fourth-order valence-electron chi connectivity index (χ4n) is 0.982. The molecule has 0 aliphatic heterocycles. The molecule has 2 N–H and O–H groups in total. The summed E-state index contributed by atoms with van der Waals surface area (Å²) in [6.45, 7) is 0.576. The summed E-state index contributed by atoms with van der Waals surface area (Å²) < 4.78 is 0. The highest BCUT2D eigenvalue weighted by atomic mass is 32.1. The van der Waals surface area contributed by atoms with Gasteiger partial charge in [-0.05, 0) is 17.8 Å². The molecule has 0 radical (unpaired) electrons. The first-order valence-electron chi connectivity index (χ1n) is 3.89. The highest BCUT2D eigenvalue weighted by molar-refractivity contribution is 7.80. The van der Waals surface area contributed by atoms with Gasteiger partial charge in [-0.15, -0.1) is 0 Å². The number of rotatable bonds is 3. The first-order chi connectivity index (χ1) is 6.24. The third kappa shape index (κ3) is 3.01. The molecule has 1 rings (SSSR count). The van der Waals surface area contributed by atoms with Crippen molar-refractivity contribution in [2.75, 3.05) is 7.11 Å². The molecule has 1 aromatic carbocycles. The Morgan fingerprint density at radius 2 is 2.08 bits per heavy atom. The van der Waals surface area contributed by atoms with Crippen LogP contribution in [0.25, 0.3) is 0 Å². The summed E-state index contributed by atoms with van der Waals surface area (Å²) >= 11 is 4.79. The first kappa shape index (κ1) is 9.95. The van der Waals surface area contributed by atoms with Crippen molar-refractivity contribution in [3.05, 3.63) is 35.9 Å². The molecule has 0 unspecified atom stereocenters. The number of hydroxylamine groups is 2. The molecule has 0 atom stereocenters. The molecule has 0 spiro atoms. The largest absolute Gasteiger partial charge is 0.374 e. The maximum Gasteiger partial charge on any atom is 0.190 e. The van der Waals surface area contributed by atoms with Crippen molar-refractivity contribution in [2.24, 2.45) is 5.73 Å². The van der Waals surface area contributed by atoms with Gasteiger partial charge in [-0.2, -0.15) is 0 Å². The average molecular weight is 196 g/mol. The molecule has 3 nitrogen and oxygen atoms in total. The third-order valence-corrected chi connectivity index (χ3v) is 1.84. The van der Waals surface area contributed by atoms with Gasteiger partial charge in [0, 0.05) is 0 Å². The second-order valence-corrected chi connectivity index (χ2v) is 2.96. The average Bonchev–Trinajstić information content (AvgIpc) is 2.15. The van der Waals surface area contributed by atoms with Crippen LogP contribution in [0.15, 0.2) is 30.3 Å². The maximum atomic E-state index is 5.43. The Kier molecular flexibility index (Phi) is 3.67. The predicted octanol–water partition coefficient (Wildman–Crippen LogP) is 1.29. The molecule has 13 heavy (non-hydrogen) atoms. The topological polar surface area (TPSA) is 38.5 Å². The van der Waals surface area contributed by atoms with Crippen molar-refractivity contribution in [3.8, 4) is 0 Å². The van der Waals surface area contributed by atoms with E-state index in [-0.39, 0.29) is 5.11 Å². The van der Waals surface area contributed by atoms with E-state index in [1.807, 2.05) is 30.3 Å². The zero-order valence-electron chi connectivity index (χ0n) is 7.43. The van der Waals surface area contributed by atoms with E-state index in [0.717, 1.165) is 5.56 Å². The van der Waals surface area contributed by atoms with Crippen molar-refractivity contribution in [1.82, 2.24) is 5.06 Å². The molecule has 0 heterocycles. The van der Waals surface area contributed by atoms with E-state index < -0.39 is 0 Å². The number of hydrogen-bond donors (Lipinski definition) is 1. The third-order valence-electron chi connectivity index (χ3n) is 1.64. The van der Waals surface area contributed by atoms with Gasteiger partial charge in [0.25, 0.3) is 0 Å². The van der Waals surface area contributed by atoms with Crippen LogP contribution in [-0.4, -0.2) is 17.3 Å². The Balaban J connectivity index is 2.62. The van der Waals surface area contributed by atoms with Gasteiger partial charge in [0.2, 0.25) is 0 Å². The number of hydrogen-bond acceptors (Lipinski definition) is 2. The van der Waals surface area contributed by atoms with E-state index >= 15 is 0 Å². The van der Waals surface area contributed by atoms with Crippen molar-refractivity contribution >= 4 is 17.3 Å². The summed E-state index contributed by atoms with van der Waals surface area (Å²) in [6, 6.07) is 9.86. The quantitative estimate of drug-likeness (QED) is 0.584. The van der Waals surface area contributed by atoms with Crippen molar-refractivity contribution in [1.29, 1.82) is 0 Å². The fourth-order valence-corrected chi connectivity index (χ4v) is 1.12. The van der Waals surface area contributed by atoms with Gasteiger partial charge in [0.15, 0.2) is 5.11 Å². The van der Waals surface area contributed by atoms with Crippen LogP contribution in [0.2, 0.25) is 0 Å². The van der Waals surface area contributed by atoms with Crippen LogP contribution in [0.3, 0.4) is 0 Å². The van der Waals surface area contributed by atoms with Gasteiger partial charge < -0.3 is 5.73 Å². The van der Waals surface area contributed by atoms with Crippen LogP contribution in [0, 0.1) is 0 Å². The lowest BCUT2D eigenvalue weighted by Gasteiger charge is -2.19. The minimum atomic E-state index is 0.242. The van der Waals surface area contributed by atoms with Crippen LogP contribution in [0.1, 0.15) is 5.56 Å². The number of thiocarbonyl (C=S) groups is 1. The Bertz CT molecular complexity index is 276. The van der Waals surface area contributed by atoms with Crippen LogP contribution >= 0.6 is 12.2 Å². The summed E-state index contributed by atoms with van der Waals surface area (Å²) in [7, 11) is 1.54. The van der Waals surface area contributed by atoms with Gasteiger partial charge in [0.05, 0.1) is 13.7 Å². The molecular formula is C9H12N2OS. The molecule has 0 aliphatic carbocycles. The minimum Gasteiger partial charge on any atom is -0.374 e. The zero-order chi connectivity index (χ0) is 9.68. The molecule has 0 aromatic heterocycles. The van der Waals surface area contributed by atoms with Gasteiger partial charge in [-0.1, -0.05) is 30.3 Å². The summed E-state index contributed by atoms with van der Waals surface area (Å²) in [5, 5.41) is 1.70.